The van der Waals surface area contributed by atoms with Crippen LogP contribution in [-0.4, -0.2) is 33.9 Å². The topological polar surface area (TPSA) is 86.9 Å². The fraction of sp³-hybridized carbons (Fsp3) is 0.471. The summed E-state index contributed by atoms with van der Waals surface area (Å²) in [6.45, 7) is 5.87. The van der Waals surface area contributed by atoms with Gasteiger partial charge in [-0.2, -0.15) is 0 Å². The summed E-state index contributed by atoms with van der Waals surface area (Å²) in [4.78, 5) is 32.4. The van der Waals surface area contributed by atoms with Crippen molar-refractivity contribution in [3.05, 3.63) is 17.8 Å². The predicted molar refractivity (Wildman–Crippen MR) is 87.0 cm³/mol. The van der Waals surface area contributed by atoms with Gasteiger partial charge < -0.3 is 15.6 Å². The van der Waals surface area contributed by atoms with Gasteiger partial charge in [0.25, 0.3) is 5.91 Å². The van der Waals surface area contributed by atoms with Gasteiger partial charge in [0.2, 0.25) is 5.91 Å². The van der Waals surface area contributed by atoms with Gasteiger partial charge in [0.1, 0.15) is 11.7 Å². The van der Waals surface area contributed by atoms with Crippen molar-refractivity contribution >= 4 is 22.7 Å². The van der Waals surface area contributed by atoms with E-state index in [1.54, 1.807) is 6.20 Å². The molecule has 120 valence electrons. The standard InChI is InChI=1S/C17H20N4O2/c1-17(2,3)14(16(23)19-8-4-5-8)21-15(22)10-7-18-12-9(10)6-11-13(12)20-11/h6-8,14,18H,4-5H2,1-3H3,(H,19,23)(H,21,22)/t14-/m1/s1. The first kappa shape index (κ1) is 14.2. The molecular weight excluding hydrogens is 292 g/mol. The maximum atomic E-state index is 12.7. The third kappa shape index (κ3) is 2.48. The fourth-order valence-electron chi connectivity index (χ4n) is 2.88. The Morgan fingerprint density at radius 1 is 1.35 bits per heavy atom. The third-order valence-electron chi connectivity index (χ3n) is 4.44. The van der Waals surface area contributed by atoms with Crippen molar-refractivity contribution in [1.82, 2.24) is 20.6 Å². The Labute approximate surface area is 134 Å². The number of pyridine rings is 1. The molecule has 1 fully saturated rings. The van der Waals surface area contributed by atoms with Crippen molar-refractivity contribution in [1.29, 1.82) is 0 Å². The largest absolute Gasteiger partial charge is 0.359 e. The van der Waals surface area contributed by atoms with E-state index in [1.807, 2.05) is 26.8 Å². The molecule has 6 heteroatoms. The molecule has 0 saturated heterocycles. The normalized spacial score (nSPS) is 17.0. The summed E-state index contributed by atoms with van der Waals surface area (Å²) in [5.41, 5.74) is 2.99. The first-order chi connectivity index (χ1) is 10.8. The highest BCUT2D eigenvalue weighted by atomic mass is 16.2. The summed E-state index contributed by atoms with van der Waals surface area (Å²) < 4.78 is 0. The molecule has 0 radical (unpaired) electrons. The van der Waals surface area contributed by atoms with Crippen LogP contribution in [0, 0.1) is 5.41 Å². The number of carbonyl (C=O) groups excluding carboxylic acids is 2. The molecule has 1 aliphatic heterocycles. The number of H-pyrrole nitrogens is 1. The molecular formula is C17H20N4O2. The number of aromatic amines is 1. The van der Waals surface area contributed by atoms with Crippen LogP contribution in [0.3, 0.4) is 0 Å². The number of hydrogen-bond donors (Lipinski definition) is 3. The zero-order valence-corrected chi connectivity index (χ0v) is 13.5. The van der Waals surface area contributed by atoms with Gasteiger partial charge in [-0.15, -0.1) is 0 Å². The molecule has 3 aliphatic rings. The maximum Gasteiger partial charge on any atom is 0.254 e. The summed E-state index contributed by atoms with van der Waals surface area (Å²) in [6, 6.07) is 1.62. The second kappa shape index (κ2) is 4.57. The van der Waals surface area contributed by atoms with Gasteiger partial charge in [-0.3, -0.25) is 9.59 Å². The monoisotopic (exact) mass is 312 g/mol. The molecule has 0 spiro atoms. The van der Waals surface area contributed by atoms with Crippen LogP contribution in [0.1, 0.15) is 44.0 Å². The van der Waals surface area contributed by atoms with Crippen molar-refractivity contribution in [3.8, 4) is 11.4 Å². The Bertz CT molecular complexity index is 827. The Hall–Kier alpha value is -2.37. The van der Waals surface area contributed by atoms with Crippen molar-refractivity contribution in [2.24, 2.45) is 5.41 Å². The summed E-state index contributed by atoms with van der Waals surface area (Å²) in [5.74, 6) is -0.335. The van der Waals surface area contributed by atoms with E-state index in [-0.39, 0.29) is 23.3 Å². The number of amides is 2. The molecule has 4 rings (SSSR count). The molecule has 6 nitrogen and oxygen atoms in total. The lowest BCUT2D eigenvalue weighted by Crippen LogP contribution is -2.54. The van der Waals surface area contributed by atoms with Gasteiger partial charge in [0.15, 0.2) is 0 Å². The van der Waals surface area contributed by atoms with Crippen LogP contribution in [0.15, 0.2) is 12.3 Å². The zero-order chi connectivity index (χ0) is 16.4. The highest BCUT2D eigenvalue weighted by Crippen LogP contribution is 2.39. The maximum absolute atomic E-state index is 12.7. The van der Waals surface area contributed by atoms with E-state index in [1.165, 1.54) is 0 Å². The number of nitrogens with one attached hydrogen (secondary N) is 3. The average Bonchev–Trinajstić information content (AvgIpc) is 3.34. The number of nitrogens with zero attached hydrogens (tertiary/aromatic N) is 1. The number of rotatable bonds is 4. The van der Waals surface area contributed by atoms with Crippen molar-refractivity contribution < 1.29 is 9.59 Å². The Kier molecular flexibility index (Phi) is 2.83. The minimum absolute atomic E-state index is 0.105. The Morgan fingerprint density at radius 3 is 2.74 bits per heavy atom. The van der Waals surface area contributed by atoms with E-state index in [4.69, 9.17) is 0 Å². The lowest BCUT2D eigenvalue weighted by atomic mass is 9.86. The molecule has 2 aliphatic carbocycles. The van der Waals surface area contributed by atoms with E-state index in [2.05, 4.69) is 20.6 Å². The van der Waals surface area contributed by atoms with Gasteiger partial charge in [-0.05, 0) is 24.3 Å². The quantitative estimate of drug-likeness (QED) is 0.688. The number of aromatic nitrogens is 2. The zero-order valence-electron chi connectivity index (χ0n) is 13.5. The summed E-state index contributed by atoms with van der Waals surface area (Å²) in [6.07, 6.45) is 3.74. The lowest BCUT2D eigenvalue weighted by Gasteiger charge is -2.30. The van der Waals surface area contributed by atoms with Crippen LogP contribution in [0.25, 0.3) is 22.3 Å². The lowest BCUT2D eigenvalue weighted by molar-refractivity contribution is -0.125. The van der Waals surface area contributed by atoms with E-state index in [0.29, 0.717) is 5.56 Å². The summed E-state index contributed by atoms with van der Waals surface area (Å²) in [5, 5.41) is 6.77. The van der Waals surface area contributed by atoms with E-state index < -0.39 is 6.04 Å². The van der Waals surface area contributed by atoms with Crippen LogP contribution in [0.4, 0.5) is 0 Å². The molecule has 1 aromatic heterocycles. The highest BCUT2D eigenvalue weighted by molar-refractivity contribution is 6.14. The van der Waals surface area contributed by atoms with Crippen LogP contribution < -0.4 is 10.6 Å². The minimum Gasteiger partial charge on any atom is -0.359 e. The molecule has 1 saturated carbocycles. The molecule has 2 amide bonds. The SMILES string of the molecule is CC(C)(C)[C@H](NC(=O)c1c[nH]c2c3nc-3cc12)C(=O)NC1CC1. The van der Waals surface area contributed by atoms with Gasteiger partial charge in [0, 0.05) is 17.6 Å². The second-order valence-electron chi connectivity index (χ2n) is 7.54. The van der Waals surface area contributed by atoms with Gasteiger partial charge in [-0.25, -0.2) is 4.98 Å². The molecule has 0 bridgehead atoms. The average molecular weight is 312 g/mol. The van der Waals surface area contributed by atoms with E-state index in [0.717, 1.165) is 35.1 Å². The minimum atomic E-state index is -0.568. The van der Waals surface area contributed by atoms with Gasteiger partial charge in [0.05, 0.1) is 16.8 Å². The van der Waals surface area contributed by atoms with Crippen LogP contribution >= 0.6 is 0 Å². The smallest absolute Gasteiger partial charge is 0.254 e. The predicted octanol–water partition coefficient (Wildman–Crippen LogP) is 1.97. The number of hydrogen-bond acceptors (Lipinski definition) is 3. The van der Waals surface area contributed by atoms with Gasteiger partial charge >= 0.3 is 0 Å². The summed E-state index contributed by atoms with van der Waals surface area (Å²) >= 11 is 0. The van der Waals surface area contributed by atoms with Crippen LogP contribution in [0.5, 0.6) is 0 Å². The number of fused-ring (bicyclic) bond motifs is 3. The number of carbonyl (C=O) groups is 2. The third-order valence-corrected chi connectivity index (χ3v) is 4.44. The first-order valence-electron chi connectivity index (χ1n) is 7.98. The van der Waals surface area contributed by atoms with Crippen LogP contribution in [-0.2, 0) is 4.79 Å². The molecule has 3 N–H and O–H groups in total. The molecule has 2 heterocycles. The fourth-order valence-corrected chi connectivity index (χ4v) is 2.88. The van der Waals surface area contributed by atoms with Crippen LogP contribution in [0.2, 0.25) is 0 Å². The summed E-state index contributed by atoms with van der Waals surface area (Å²) in [7, 11) is 0. The second-order valence-corrected chi connectivity index (χ2v) is 7.54. The molecule has 1 aromatic rings. The van der Waals surface area contributed by atoms with Crippen molar-refractivity contribution in [2.45, 2.75) is 45.7 Å². The Morgan fingerprint density at radius 2 is 2.09 bits per heavy atom. The highest BCUT2D eigenvalue weighted by Gasteiger charge is 2.36. The molecule has 23 heavy (non-hydrogen) atoms. The van der Waals surface area contributed by atoms with Crippen molar-refractivity contribution in [2.75, 3.05) is 0 Å². The van der Waals surface area contributed by atoms with E-state index >= 15 is 0 Å². The van der Waals surface area contributed by atoms with Crippen molar-refractivity contribution in [3.63, 3.8) is 0 Å². The molecule has 0 aromatic carbocycles. The Balaban J connectivity index is 1.56. The van der Waals surface area contributed by atoms with E-state index in [9.17, 15) is 9.59 Å². The molecule has 0 unspecified atom stereocenters. The molecule has 1 atom stereocenters. The van der Waals surface area contributed by atoms with Gasteiger partial charge in [-0.1, -0.05) is 20.8 Å². The first-order valence-corrected chi connectivity index (χ1v) is 7.98.